The predicted octanol–water partition coefficient (Wildman–Crippen LogP) is 5.70. The molecule has 2 heterocycles. The van der Waals surface area contributed by atoms with Crippen molar-refractivity contribution in [2.45, 2.75) is 31.7 Å². The van der Waals surface area contributed by atoms with Gasteiger partial charge < -0.3 is 14.8 Å². The van der Waals surface area contributed by atoms with Gasteiger partial charge in [0, 0.05) is 49.1 Å². The van der Waals surface area contributed by atoms with E-state index in [1.165, 1.54) is 31.0 Å². The van der Waals surface area contributed by atoms with E-state index in [9.17, 15) is 9.18 Å². The predicted molar refractivity (Wildman–Crippen MR) is 139 cm³/mol. The van der Waals surface area contributed by atoms with Gasteiger partial charge in [0.25, 0.3) is 0 Å². The molecule has 0 bridgehead atoms. The van der Waals surface area contributed by atoms with Crippen molar-refractivity contribution in [3.8, 4) is 0 Å². The van der Waals surface area contributed by atoms with E-state index >= 15 is 4.39 Å². The van der Waals surface area contributed by atoms with Crippen LogP contribution in [-0.4, -0.2) is 41.6 Å². The molecule has 1 unspecified atom stereocenters. The van der Waals surface area contributed by atoms with E-state index < -0.39 is 5.92 Å². The number of nitrogens with one attached hydrogen (secondary N) is 1. The molecular weight excluding hydrogens is 456 g/mol. The minimum Gasteiger partial charge on any atom is -0.355 e. The number of likely N-dealkylation sites (tertiary alicyclic amines) is 1. The maximum atomic E-state index is 15.0. The van der Waals surface area contributed by atoms with Crippen LogP contribution in [0.1, 0.15) is 41.9 Å². The summed E-state index contributed by atoms with van der Waals surface area (Å²) in [7, 11) is 0. The lowest BCUT2D eigenvalue weighted by atomic mass is 9.87. The number of aromatic nitrogens is 1. The van der Waals surface area contributed by atoms with Crippen LogP contribution in [0.15, 0.2) is 79.0 Å². The van der Waals surface area contributed by atoms with Gasteiger partial charge in [0.05, 0.1) is 0 Å². The van der Waals surface area contributed by atoms with Crippen LogP contribution in [0.3, 0.4) is 0 Å². The van der Waals surface area contributed by atoms with Gasteiger partial charge in [-0.05, 0) is 66.9 Å². The highest BCUT2D eigenvalue weighted by molar-refractivity contribution is 5.86. The fraction of sp³-hybridized carbons (Fsp3) is 0.300. The van der Waals surface area contributed by atoms with E-state index in [0.29, 0.717) is 18.7 Å². The highest BCUT2D eigenvalue weighted by Gasteiger charge is 2.25. The second kappa shape index (κ2) is 11.0. The van der Waals surface area contributed by atoms with Crippen LogP contribution < -0.4 is 5.32 Å². The maximum Gasteiger partial charge on any atom is 0.220 e. The number of benzene rings is 3. The van der Waals surface area contributed by atoms with Crippen LogP contribution >= 0.6 is 0 Å². The Morgan fingerprint density at radius 1 is 0.889 bits per heavy atom. The molecule has 4 aromatic rings. The van der Waals surface area contributed by atoms with Crippen LogP contribution in [0, 0.1) is 11.6 Å². The van der Waals surface area contributed by atoms with Gasteiger partial charge in [-0.15, -0.1) is 0 Å². The number of para-hydroxylation sites is 1. The lowest BCUT2D eigenvalue weighted by Crippen LogP contribution is -2.34. The number of carbonyl (C=O) groups excluding carboxylic acids is 1. The van der Waals surface area contributed by atoms with Crippen molar-refractivity contribution in [1.82, 2.24) is 14.8 Å². The molecule has 0 aliphatic carbocycles. The van der Waals surface area contributed by atoms with E-state index in [1.54, 1.807) is 24.3 Å². The van der Waals surface area contributed by atoms with Gasteiger partial charge in [-0.25, -0.2) is 8.78 Å². The molecule has 1 N–H and O–H groups in total. The van der Waals surface area contributed by atoms with Crippen LogP contribution in [0.4, 0.5) is 8.78 Å². The van der Waals surface area contributed by atoms with Crippen molar-refractivity contribution in [1.29, 1.82) is 0 Å². The zero-order chi connectivity index (χ0) is 24.9. The van der Waals surface area contributed by atoms with Crippen LogP contribution in [-0.2, 0) is 11.3 Å². The number of rotatable bonds is 9. The number of nitrogens with zero attached hydrogens (tertiary/aromatic N) is 2. The summed E-state index contributed by atoms with van der Waals surface area (Å²) in [4.78, 5) is 15.4. The maximum absolute atomic E-state index is 15.0. The lowest BCUT2D eigenvalue weighted by Gasteiger charge is -2.19. The SMILES string of the molecule is O=C(CC(c1ccccc1F)c1cn(Cc2ccc(F)cc2)c2ccccc12)NCCN1CCCC1. The first-order valence-corrected chi connectivity index (χ1v) is 12.6. The van der Waals surface area contributed by atoms with E-state index in [-0.39, 0.29) is 24.0 Å². The Labute approximate surface area is 210 Å². The molecule has 0 spiro atoms. The second-order valence-corrected chi connectivity index (χ2v) is 9.53. The molecule has 1 amide bonds. The number of fused-ring (bicyclic) bond motifs is 1. The number of hydrogen-bond acceptors (Lipinski definition) is 2. The summed E-state index contributed by atoms with van der Waals surface area (Å²) in [5.41, 5.74) is 3.38. The molecular formula is C30H31F2N3O. The molecule has 0 saturated carbocycles. The third-order valence-corrected chi connectivity index (χ3v) is 7.08. The van der Waals surface area contributed by atoms with E-state index in [2.05, 4.69) is 14.8 Å². The smallest absolute Gasteiger partial charge is 0.220 e. The molecule has 3 aromatic carbocycles. The summed E-state index contributed by atoms with van der Waals surface area (Å²) < 4.78 is 30.6. The first kappa shape index (κ1) is 24.2. The Kier molecular flexibility index (Phi) is 7.42. The molecule has 1 aliphatic heterocycles. The molecule has 1 aromatic heterocycles. The molecule has 1 fully saturated rings. The number of carbonyl (C=O) groups is 1. The molecule has 4 nitrogen and oxygen atoms in total. The van der Waals surface area contributed by atoms with Crippen LogP contribution in [0.25, 0.3) is 10.9 Å². The largest absolute Gasteiger partial charge is 0.355 e. The highest BCUT2D eigenvalue weighted by Crippen LogP contribution is 2.36. The summed E-state index contributed by atoms with van der Waals surface area (Å²) in [6.45, 7) is 4.15. The minimum atomic E-state index is -0.433. The summed E-state index contributed by atoms with van der Waals surface area (Å²) in [6, 6.07) is 21.1. The van der Waals surface area contributed by atoms with E-state index in [0.717, 1.165) is 41.7 Å². The lowest BCUT2D eigenvalue weighted by molar-refractivity contribution is -0.121. The first-order valence-electron chi connectivity index (χ1n) is 12.6. The van der Waals surface area contributed by atoms with Crippen molar-refractivity contribution in [2.24, 2.45) is 0 Å². The van der Waals surface area contributed by atoms with E-state index in [4.69, 9.17) is 0 Å². The summed E-state index contributed by atoms with van der Waals surface area (Å²) in [6.07, 6.45) is 4.60. The molecule has 5 rings (SSSR count). The van der Waals surface area contributed by atoms with Gasteiger partial charge in [-0.3, -0.25) is 4.79 Å². The van der Waals surface area contributed by atoms with E-state index in [1.807, 2.05) is 36.5 Å². The zero-order valence-electron chi connectivity index (χ0n) is 20.3. The van der Waals surface area contributed by atoms with Crippen LogP contribution in [0.2, 0.25) is 0 Å². The second-order valence-electron chi connectivity index (χ2n) is 9.53. The Balaban J connectivity index is 1.45. The first-order chi connectivity index (χ1) is 17.6. The van der Waals surface area contributed by atoms with Crippen molar-refractivity contribution in [2.75, 3.05) is 26.2 Å². The van der Waals surface area contributed by atoms with Gasteiger partial charge in [0.2, 0.25) is 5.91 Å². The Morgan fingerprint density at radius 2 is 1.61 bits per heavy atom. The topological polar surface area (TPSA) is 37.3 Å². The molecule has 6 heteroatoms. The quantitative estimate of drug-likeness (QED) is 0.329. The Bertz CT molecular complexity index is 1330. The third kappa shape index (κ3) is 5.49. The summed E-state index contributed by atoms with van der Waals surface area (Å²) >= 11 is 0. The molecule has 186 valence electrons. The van der Waals surface area contributed by atoms with Gasteiger partial charge in [-0.2, -0.15) is 0 Å². The van der Waals surface area contributed by atoms with Gasteiger partial charge >= 0.3 is 0 Å². The molecule has 1 aliphatic rings. The molecule has 0 radical (unpaired) electrons. The van der Waals surface area contributed by atoms with Crippen molar-refractivity contribution in [3.05, 3.63) is 107 Å². The standard InChI is InChI=1S/C30H31F2N3O/c31-23-13-11-22(12-14-23)20-35-21-27(25-8-2-4-10-29(25)35)26(24-7-1-3-9-28(24)32)19-30(36)33-15-18-34-16-5-6-17-34/h1-4,7-14,21,26H,5-6,15-20H2,(H,33,36). The van der Waals surface area contributed by atoms with Gasteiger partial charge in [-0.1, -0.05) is 48.5 Å². The summed E-state index contributed by atoms with van der Waals surface area (Å²) in [5, 5.41) is 4.04. The Hall–Kier alpha value is -3.51. The highest BCUT2D eigenvalue weighted by atomic mass is 19.1. The zero-order valence-corrected chi connectivity index (χ0v) is 20.3. The Morgan fingerprint density at radius 3 is 2.39 bits per heavy atom. The summed E-state index contributed by atoms with van der Waals surface area (Å²) in [5.74, 6) is -1.11. The van der Waals surface area contributed by atoms with Crippen molar-refractivity contribution in [3.63, 3.8) is 0 Å². The minimum absolute atomic E-state index is 0.0854. The van der Waals surface area contributed by atoms with Gasteiger partial charge in [0.1, 0.15) is 11.6 Å². The fourth-order valence-electron chi connectivity index (χ4n) is 5.23. The molecule has 1 saturated heterocycles. The van der Waals surface area contributed by atoms with Crippen molar-refractivity contribution >= 4 is 16.8 Å². The average molecular weight is 488 g/mol. The number of amides is 1. The van der Waals surface area contributed by atoms with Crippen LogP contribution in [0.5, 0.6) is 0 Å². The average Bonchev–Trinajstić information content (AvgIpc) is 3.53. The molecule has 36 heavy (non-hydrogen) atoms. The molecule has 1 atom stereocenters. The van der Waals surface area contributed by atoms with Gasteiger partial charge in [0.15, 0.2) is 0 Å². The third-order valence-electron chi connectivity index (χ3n) is 7.08. The normalized spacial score (nSPS) is 14.8. The van der Waals surface area contributed by atoms with Crippen molar-refractivity contribution < 1.29 is 13.6 Å². The number of hydrogen-bond donors (Lipinski definition) is 1. The fourth-order valence-corrected chi connectivity index (χ4v) is 5.23. The monoisotopic (exact) mass is 487 g/mol. The number of halogens is 2.